The molecular formula is C50H66F2N12O5. The number of alkyl halides is 2. The second-order valence-electron chi connectivity index (χ2n) is 19.6. The lowest BCUT2D eigenvalue weighted by atomic mass is 9.89. The molecule has 4 N–H and O–H groups in total. The van der Waals surface area contributed by atoms with Crippen molar-refractivity contribution in [3.63, 3.8) is 0 Å². The summed E-state index contributed by atoms with van der Waals surface area (Å²) in [5, 5.41) is 22.3. The number of amides is 4. The molecule has 9 rings (SSSR count). The molecule has 3 fully saturated rings. The van der Waals surface area contributed by atoms with E-state index in [4.69, 9.17) is 10.5 Å². The predicted molar refractivity (Wildman–Crippen MR) is 260 cm³/mol. The number of imidazole rings is 1. The SMILES string of the molecule is CNCC(C=N)c1cc2c(cc1C(F)F)N(c1nn(C3CCN(C(=O)CCCN4CCC(CNc5cccc6c5n(C)c(=O)n6C5CCC(=O)NC5=O)CC4)CC3)c3c1CN(C(C)=O)CC3)CCC2. The van der Waals surface area contributed by atoms with Gasteiger partial charge in [0.15, 0.2) is 5.82 Å². The molecule has 2 aromatic carbocycles. The maximum absolute atomic E-state index is 14.7. The van der Waals surface area contributed by atoms with Gasteiger partial charge in [-0.1, -0.05) is 12.1 Å². The number of carbonyl (C=O) groups is 4. The van der Waals surface area contributed by atoms with Gasteiger partial charge in [-0.25, -0.2) is 13.6 Å². The van der Waals surface area contributed by atoms with E-state index >= 15 is 0 Å². The first-order chi connectivity index (χ1) is 33.3. The molecule has 4 amide bonds. The molecule has 2 unspecified atom stereocenters. The van der Waals surface area contributed by atoms with Gasteiger partial charge in [0, 0.05) is 107 Å². The van der Waals surface area contributed by atoms with Gasteiger partial charge >= 0.3 is 5.69 Å². The maximum Gasteiger partial charge on any atom is 0.329 e. The molecular weight excluding hydrogens is 887 g/mol. The van der Waals surface area contributed by atoms with Crippen LogP contribution in [0.3, 0.4) is 0 Å². The minimum absolute atomic E-state index is 0.0157. The van der Waals surface area contributed by atoms with E-state index in [2.05, 4.69) is 30.4 Å². The molecule has 3 saturated heterocycles. The Morgan fingerprint density at radius 2 is 1.74 bits per heavy atom. The largest absolute Gasteiger partial charge is 0.383 e. The monoisotopic (exact) mass is 953 g/mol. The van der Waals surface area contributed by atoms with Crippen molar-refractivity contribution in [3.05, 3.63) is 68.8 Å². The third kappa shape index (κ3) is 9.68. The van der Waals surface area contributed by atoms with Crippen molar-refractivity contribution in [2.75, 3.05) is 76.2 Å². The van der Waals surface area contributed by atoms with E-state index in [1.165, 1.54) is 10.8 Å². The van der Waals surface area contributed by atoms with E-state index in [0.717, 1.165) is 99.1 Å². The summed E-state index contributed by atoms with van der Waals surface area (Å²) in [6.45, 7) is 8.30. The summed E-state index contributed by atoms with van der Waals surface area (Å²) in [5.74, 6) is 0.0659. The van der Waals surface area contributed by atoms with Gasteiger partial charge in [-0.3, -0.25) is 38.3 Å². The zero-order valence-corrected chi connectivity index (χ0v) is 40.1. The molecule has 0 bridgehead atoms. The molecule has 5 aliphatic heterocycles. The normalized spacial score (nSPS) is 20.0. The van der Waals surface area contributed by atoms with Crippen molar-refractivity contribution < 1.29 is 28.0 Å². The summed E-state index contributed by atoms with van der Waals surface area (Å²) in [5.41, 5.74) is 6.06. The smallest absolute Gasteiger partial charge is 0.329 e. The minimum Gasteiger partial charge on any atom is -0.383 e. The molecule has 2 atom stereocenters. The number of carbonyl (C=O) groups excluding carboxylic acids is 4. The summed E-state index contributed by atoms with van der Waals surface area (Å²) in [6.07, 6.45) is 5.98. The average molecular weight is 953 g/mol. The number of anilines is 3. The van der Waals surface area contributed by atoms with Crippen molar-refractivity contribution in [2.45, 2.75) is 109 Å². The number of aryl methyl sites for hydroxylation is 2. The van der Waals surface area contributed by atoms with Crippen molar-refractivity contribution in [3.8, 4) is 0 Å². The van der Waals surface area contributed by atoms with Gasteiger partial charge in [0.05, 0.1) is 29.3 Å². The Balaban J connectivity index is 0.785. The fourth-order valence-electron chi connectivity index (χ4n) is 11.5. The molecule has 0 aliphatic carbocycles. The van der Waals surface area contributed by atoms with E-state index in [-0.39, 0.29) is 47.9 Å². The minimum atomic E-state index is -2.71. The van der Waals surface area contributed by atoms with E-state index in [9.17, 15) is 32.8 Å². The molecule has 7 heterocycles. The Morgan fingerprint density at radius 3 is 2.45 bits per heavy atom. The average Bonchev–Trinajstić information content (AvgIpc) is 3.85. The summed E-state index contributed by atoms with van der Waals surface area (Å²) in [4.78, 5) is 72.4. The lowest BCUT2D eigenvalue weighted by molar-refractivity contribution is -0.136. The highest BCUT2D eigenvalue weighted by Crippen LogP contribution is 2.43. The molecule has 0 radical (unpaired) electrons. The molecule has 2 aromatic heterocycles. The third-order valence-electron chi connectivity index (χ3n) is 15.4. The molecule has 19 heteroatoms. The first kappa shape index (κ1) is 48.1. The van der Waals surface area contributed by atoms with E-state index in [0.29, 0.717) is 80.6 Å². The summed E-state index contributed by atoms with van der Waals surface area (Å²) < 4.78 is 34.7. The Bertz CT molecular complexity index is 2660. The number of piperidine rings is 3. The van der Waals surface area contributed by atoms with Crippen LogP contribution < -0.4 is 26.5 Å². The summed E-state index contributed by atoms with van der Waals surface area (Å²) in [7, 11) is 3.47. The molecule has 4 aromatic rings. The number of aromatic nitrogens is 4. The number of benzene rings is 2. The van der Waals surface area contributed by atoms with Crippen LogP contribution >= 0.6 is 0 Å². The molecule has 0 spiro atoms. The van der Waals surface area contributed by atoms with E-state index in [1.54, 1.807) is 31.7 Å². The number of para-hydroxylation sites is 1. The van der Waals surface area contributed by atoms with Crippen LogP contribution in [-0.4, -0.2) is 129 Å². The van der Waals surface area contributed by atoms with Crippen molar-refractivity contribution >= 4 is 58.1 Å². The van der Waals surface area contributed by atoms with Gasteiger partial charge in [0.25, 0.3) is 6.43 Å². The highest BCUT2D eigenvalue weighted by molar-refractivity contribution is 6.00. The zero-order chi connectivity index (χ0) is 48.5. The number of likely N-dealkylation sites (N-methyl/N-ethyl adjacent to an activating group) is 1. The molecule has 17 nitrogen and oxygen atoms in total. The van der Waals surface area contributed by atoms with Crippen LogP contribution in [0.25, 0.3) is 11.0 Å². The van der Waals surface area contributed by atoms with Crippen molar-refractivity contribution in [1.29, 1.82) is 5.41 Å². The van der Waals surface area contributed by atoms with Crippen LogP contribution in [0.2, 0.25) is 0 Å². The second-order valence-corrected chi connectivity index (χ2v) is 19.6. The number of imide groups is 1. The standard InChI is InChI=1S/C50H66F2N12O5/c1-31(65)61-24-17-40-38(30-61)48(62-19-5-7-33-25-36(34(27-53)29-54-2)37(47(51)52)26-43(33)62)57-64(40)35-15-22-60(23-16-35)45(67)10-6-18-59-20-13-32(14-21-59)28-55-39-8-4-9-41-46(39)58(3)50(69)63(41)42-11-12-44(66)56-49(42)68/h4,8-9,25-27,32,34-35,42,47,53-55H,5-7,10-24,28-30H2,1-3H3,(H,56,66,68). The zero-order valence-electron chi connectivity index (χ0n) is 40.1. The highest BCUT2D eigenvalue weighted by Gasteiger charge is 2.36. The predicted octanol–water partition coefficient (Wildman–Crippen LogP) is 5.16. The number of nitrogens with one attached hydrogen (secondary N) is 4. The van der Waals surface area contributed by atoms with Gasteiger partial charge in [-0.15, -0.1) is 0 Å². The molecule has 0 saturated carbocycles. The van der Waals surface area contributed by atoms with E-state index < -0.39 is 24.3 Å². The van der Waals surface area contributed by atoms with Crippen LogP contribution in [0.5, 0.6) is 0 Å². The number of rotatable bonds is 15. The topological polar surface area (TPSA) is 186 Å². The van der Waals surface area contributed by atoms with Crippen LogP contribution in [-0.2, 0) is 45.6 Å². The van der Waals surface area contributed by atoms with Crippen LogP contribution in [0.15, 0.2) is 35.1 Å². The maximum atomic E-state index is 14.7. The van der Waals surface area contributed by atoms with Crippen LogP contribution in [0.1, 0.15) is 117 Å². The Hall–Kier alpha value is -5.95. The number of nitrogens with zero attached hydrogens (tertiary/aromatic N) is 8. The summed E-state index contributed by atoms with van der Waals surface area (Å²) >= 11 is 0. The van der Waals surface area contributed by atoms with E-state index in [1.807, 2.05) is 34.1 Å². The quantitative estimate of drug-likeness (QED) is 0.0917. The molecule has 370 valence electrons. The van der Waals surface area contributed by atoms with Crippen molar-refractivity contribution in [1.82, 2.24) is 44.2 Å². The number of hydrogen-bond acceptors (Lipinski definition) is 11. The fourth-order valence-corrected chi connectivity index (χ4v) is 11.5. The fraction of sp³-hybridized carbons (Fsp3) is 0.580. The lowest BCUT2D eigenvalue weighted by Gasteiger charge is -2.34. The first-order valence-electron chi connectivity index (χ1n) is 24.9. The number of likely N-dealkylation sites (tertiary alicyclic amines) is 2. The summed E-state index contributed by atoms with van der Waals surface area (Å²) in [6, 6.07) is 8.48. The van der Waals surface area contributed by atoms with Gasteiger partial charge in [0.2, 0.25) is 23.6 Å². The Kier molecular flexibility index (Phi) is 14.3. The number of halogens is 2. The Morgan fingerprint density at radius 1 is 0.957 bits per heavy atom. The Labute approximate surface area is 401 Å². The number of hydrogen-bond donors (Lipinski definition) is 4. The first-order valence-corrected chi connectivity index (χ1v) is 24.9. The number of fused-ring (bicyclic) bond motifs is 3. The third-order valence-corrected chi connectivity index (χ3v) is 15.4. The van der Waals surface area contributed by atoms with Gasteiger partial charge in [-0.2, -0.15) is 5.10 Å². The van der Waals surface area contributed by atoms with Crippen molar-refractivity contribution in [2.24, 2.45) is 13.0 Å². The highest BCUT2D eigenvalue weighted by atomic mass is 19.3. The van der Waals surface area contributed by atoms with Crippen LogP contribution in [0, 0.1) is 11.3 Å². The van der Waals surface area contributed by atoms with Gasteiger partial charge < -0.3 is 35.6 Å². The van der Waals surface area contributed by atoms with Gasteiger partial charge in [0.1, 0.15) is 6.04 Å². The second kappa shape index (κ2) is 20.6. The molecule has 5 aliphatic rings. The lowest BCUT2D eigenvalue weighted by Crippen LogP contribution is -2.44. The van der Waals surface area contributed by atoms with Crippen LogP contribution in [0.4, 0.5) is 26.0 Å². The van der Waals surface area contributed by atoms with Gasteiger partial charge in [-0.05, 0) is 113 Å². The molecule has 69 heavy (non-hydrogen) atoms.